The topological polar surface area (TPSA) is 41.6 Å². The summed E-state index contributed by atoms with van der Waals surface area (Å²) in [5.41, 5.74) is 0. The van der Waals surface area contributed by atoms with E-state index >= 15 is 0 Å². The molecule has 20 heavy (non-hydrogen) atoms. The predicted octanol–water partition coefficient (Wildman–Crippen LogP) is 2.16. The summed E-state index contributed by atoms with van der Waals surface area (Å²) in [6.45, 7) is 3.64. The number of carbonyl (C=O) groups is 1. The maximum atomic E-state index is 12.1. The van der Waals surface area contributed by atoms with Gasteiger partial charge in [-0.3, -0.25) is 10.1 Å². The number of nitrogens with one attached hydrogen (secondary N) is 1. The van der Waals surface area contributed by atoms with Crippen LogP contribution < -0.4 is 5.32 Å². The van der Waals surface area contributed by atoms with Crippen molar-refractivity contribution in [3.05, 3.63) is 21.9 Å². The van der Waals surface area contributed by atoms with E-state index in [2.05, 4.69) is 5.32 Å². The van der Waals surface area contributed by atoms with Crippen molar-refractivity contribution in [3.8, 4) is 0 Å². The number of thiophene rings is 1. The molecule has 112 valence electrons. The third-order valence-electron chi connectivity index (χ3n) is 3.12. The first-order chi connectivity index (χ1) is 9.49. The number of amides is 1. The molecule has 0 aromatic carbocycles. The lowest BCUT2D eigenvalue weighted by molar-refractivity contribution is -0.130. The largest absolute Gasteiger partial charge is 0.374 e. The van der Waals surface area contributed by atoms with Crippen LogP contribution in [0.1, 0.15) is 22.8 Å². The van der Waals surface area contributed by atoms with Crippen LogP contribution in [0, 0.1) is 6.92 Å². The summed E-state index contributed by atoms with van der Waals surface area (Å²) < 4.78 is 28.9. The molecule has 0 saturated carbocycles. The molecule has 1 aliphatic rings. The molecule has 7 heteroatoms. The SMILES string of the molecule is Cc1ccc(C2NC(C)C(=O)N2CCOCC(F)F)s1. The van der Waals surface area contributed by atoms with Crippen molar-refractivity contribution in [1.29, 1.82) is 0 Å². The monoisotopic (exact) mass is 304 g/mol. The second kappa shape index (κ2) is 6.60. The highest BCUT2D eigenvalue weighted by molar-refractivity contribution is 7.12. The zero-order chi connectivity index (χ0) is 14.7. The third-order valence-corrected chi connectivity index (χ3v) is 4.18. The standard InChI is InChI=1S/C13H18F2N2O2S/c1-8-3-4-10(20-8)12-16-9(2)13(18)17(12)5-6-19-7-11(14)15/h3-4,9,11-12,16H,5-7H2,1-2H3. The average molecular weight is 304 g/mol. The lowest BCUT2D eigenvalue weighted by Crippen LogP contribution is -2.33. The molecule has 1 fully saturated rings. The fourth-order valence-corrected chi connectivity index (χ4v) is 3.14. The van der Waals surface area contributed by atoms with Gasteiger partial charge in [0, 0.05) is 16.3 Å². The maximum absolute atomic E-state index is 12.1. The van der Waals surface area contributed by atoms with E-state index in [9.17, 15) is 13.6 Å². The van der Waals surface area contributed by atoms with Gasteiger partial charge in [-0.1, -0.05) is 0 Å². The van der Waals surface area contributed by atoms with Crippen LogP contribution in [0.15, 0.2) is 12.1 Å². The Hall–Kier alpha value is -1.05. The Morgan fingerprint density at radius 2 is 2.25 bits per heavy atom. The maximum Gasteiger partial charge on any atom is 0.261 e. The van der Waals surface area contributed by atoms with Gasteiger partial charge in [-0.25, -0.2) is 8.78 Å². The summed E-state index contributed by atoms with van der Waals surface area (Å²) >= 11 is 1.62. The van der Waals surface area contributed by atoms with Crippen LogP contribution in [0.25, 0.3) is 0 Å². The molecule has 1 aromatic heterocycles. The molecular formula is C13H18F2N2O2S. The van der Waals surface area contributed by atoms with E-state index in [1.807, 2.05) is 19.1 Å². The van der Waals surface area contributed by atoms with Gasteiger partial charge < -0.3 is 9.64 Å². The highest BCUT2D eigenvalue weighted by Gasteiger charge is 2.37. The summed E-state index contributed by atoms with van der Waals surface area (Å²) in [7, 11) is 0. The van der Waals surface area contributed by atoms with Gasteiger partial charge >= 0.3 is 0 Å². The van der Waals surface area contributed by atoms with E-state index in [4.69, 9.17) is 4.74 Å². The van der Waals surface area contributed by atoms with Crippen LogP contribution in [0.3, 0.4) is 0 Å². The molecule has 1 N–H and O–H groups in total. The van der Waals surface area contributed by atoms with E-state index in [1.54, 1.807) is 23.2 Å². The minimum absolute atomic E-state index is 0.0262. The van der Waals surface area contributed by atoms with Crippen LogP contribution >= 0.6 is 11.3 Å². The van der Waals surface area contributed by atoms with Gasteiger partial charge in [-0.15, -0.1) is 11.3 Å². The minimum atomic E-state index is -2.47. The van der Waals surface area contributed by atoms with Crippen molar-refractivity contribution in [3.63, 3.8) is 0 Å². The molecule has 0 radical (unpaired) electrons. The highest BCUT2D eigenvalue weighted by Crippen LogP contribution is 2.30. The molecule has 1 saturated heterocycles. The first-order valence-corrected chi connectivity index (χ1v) is 7.29. The lowest BCUT2D eigenvalue weighted by Gasteiger charge is -2.23. The number of nitrogens with zero attached hydrogens (tertiary/aromatic N) is 1. The van der Waals surface area contributed by atoms with Crippen molar-refractivity contribution in [1.82, 2.24) is 10.2 Å². The third kappa shape index (κ3) is 3.53. The van der Waals surface area contributed by atoms with E-state index < -0.39 is 13.0 Å². The van der Waals surface area contributed by atoms with Crippen molar-refractivity contribution in [2.75, 3.05) is 19.8 Å². The molecule has 4 nitrogen and oxygen atoms in total. The summed E-state index contributed by atoms with van der Waals surface area (Å²) in [6.07, 6.45) is -2.66. The Labute approximate surface area is 120 Å². The Morgan fingerprint density at radius 1 is 1.50 bits per heavy atom. The number of alkyl halides is 2. The zero-order valence-electron chi connectivity index (χ0n) is 11.4. The van der Waals surface area contributed by atoms with Gasteiger partial charge in [0.05, 0.1) is 12.6 Å². The summed E-state index contributed by atoms with van der Waals surface area (Å²) in [5, 5.41) is 3.22. The van der Waals surface area contributed by atoms with Gasteiger partial charge in [0.2, 0.25) is 5.91 Å². The van der Waals surface area contributed by atoms with Gasteiger partial charge in [0.25, 0.3) is 6.43 Å². The number of aryl methyl sites for hydroxylation is 1. The molecule has 1 amide bonds. The average Bonchev–Trinajstić information content (AvgIpc) is 2.92. The smallest absolute Gasteiger partial charge is 0.261 e. The molecule has 1 aliphatic heterocycles. The van der Waals surface area contributed by atoms with Crippen LogP contribution in [0.4, 0.5) is 8.78 Å². The number of hydrogen-bond donors (Lipinski definition) is 1. The first-order valence-electron chi connectivity index (χ1n) is 6.48. The number of hydrogen-bond acceptors (Lipinski definition) is 4. The fraction of sp³-hybridized carbons (Fsp3) is 0.615. The number of rotatable bonds is 6. The van der Waals surface area contributed by atoms with E-state index in [-0.39, 0.29) is 24.7 Å². The van der Waals surface area contributed by atoms with Crippen LogP contribution in [-0.4, -0.2) is 43.0 Å². The molecule has 2 rings (SSSR count). The number of halogens is 2. The van der Waals surface area contributed by atoms with Crippen LogP contribution in [-0.2, 0) is 9.53 Å². The van der Waals surface area contributed by atoms with Crippen molar-refractivity contribution >= 4 is 17.2 Å². The van der Waals surface area contributed by atoms with Crippen LogP contribution in [0.2, 0.25) is 0 Å². The Bertz CT molecular complexity index is 467. The summed E-state index contributed by atoms with van der Waals surface area (Å²) in [5.74, 6) is -0.0262. The van der Waals surface area contributed by atoms with Crippen molar-refractivity contribution < 1.29 is 18.3 Å². The fourth-order valence-electron chi connectivity index (χ4n) is 2.18. The first kappa shape index (κ1) is 15.3. The quantitative estimate of drug-likeness (QED) is 0.819. The zero-order valence-corrected chi connectivity index (χ0v) is 12.3. The molecule has 0 aliphatic carbocycles. The van der Waals surface area contributed by atoms with Gasteiger partial charge in [-0.2, -0.15) is 0 Å². The second-order valence-electron chi connectivity index (χ2n) is 4.74. The molecule has 1 aromatic rings. The Kier molecular flexibility index (Phi) is 5.06. The predicted molar refractivity (Wildman–Crippen MR) is 72.9 cm³/mol. The molecule has 0 bridgehead atoms. The molecule has 0 spiro atoms. The minimum Gasteiger partial charge on any atom is -0.374 e. The number of ether oxygens (including phenoxy) is 1. The normalized spacial score (nSPS) is 23.1. The van der Waals surface area contributed by atoms with Gasteiger partial charge in [0.15, 0.2) is 0 Å². The van der Waals surface area contributed by atoms with Gasteiger partial charge in [-0.05, 0) is 26.0 Å². The molecule has 2 atom stereocenters. The van der Waals surface area contributed by atoms with Crippen molar-refractivity contribution in [2.45, 2.75) is 32.5 Å². The van der Waals surface area contributed by atoms with E-state index in [0.29, 0.717) is 6.54 Å². The van der Waals surface area contributed by atoms with E-state index in [0.717, 1.165) is 4.88 Å². The lowest BCUT2D eigenvalue weighted by atomic mass is 10.3. The summed E-state index contributed by atoms with van der Waals surface area (Å²) in [6, 6.07) is 3.72. The highest BCUT2D eigenvalue weighted by atomic mass is 32.1. The van der Waals surface area contributed by atoms with E-state index in [1.165, 1.54) is 4.88 Å². The van der Waals surface area contributed by atoms with Gasteiger partial charge in [0.1, 0.15) is 12.8 Å². The number of carbonyl (C=O) groups excluding carboxylic acids is 1. The Balaban J connectivity index is 1.97. The molecule has 2 unspecified atom stereocenters. The summed E-state index contributed by atoms with van der Waals surface area (Å²) in [4.78, 5) is 16.0. The Morgan fingerprint density at radius 3 is 2.85 bits per heavy atom. The van der Waals surface area contributed by atoms with Crippen molar-refractivity contribution in [2.24, 2.45) is 0 Å². The molecular weight excluding hydrogens is 286 g/mol. The molecule has 2 heterocycles. The second-order valence-corrected chi connectivity index (χ2v) is 6.06. The van der Waals surface area contributed by atoms with Crippen LogP contribution in [0.5, 0.6) is 0 Å².